The second kappa shape index (κ2) is 9.62. The van der Waals surface area contributed by atoms with E-state index in [1.807, 2.05) is 12.1 Å². The molecule has 2 bridgehead atoms. The van der Waals surface area contributed by atoms with E-state index in [1.165, 1.54) is 0 Å². The Balaban J connectivity index is 1.69. The summed E-state index contributed by atoms with van der Waals surface area (Å²) >= 11 is 0. The van der Waals surface area contributed by atoms with Crippen molar-refractivity contribution in [2.45, 2.75) is 86.9 Å². The Morgan fingerprint density at radius 2 is 1.91 bits per heavy atom. The van der Waals surface area contributed by atoms with Crippen LogP contribution in [0.3, 0.4) is 0 Å². The molecule has 1 saturated heterocycles. The van der Waals surface area contributed by atoms with Crippen molar-refractivity contribution in [3.63, 3.8) is 0 Å². The largest absolute Gasteiger partial charge is 0.462 e. The van der Waals surface area contributed by atoms with Gasteiger partial charge < -0.3 is 40.1 Å². The van der Waals surface area contributed by atoms with E-state index < -0.39 is 47.8 Å². The van der Waals surface area contributed by atoms with E-state index in [-0.39, 0.29) is 31.8 Å². The van der Waals surface area contributed by atoms with Gasteiger partial charge in [-0.1, -0.05) is 18.2 Å². The van der Waals surface area contributed by atoms with Gasteiger partial charge in [0.15, 0.2) is 5.60 Å². The smallest absolute Gasteiger partial charge is 0.232 e. The number of hydrogen-bond acceptors (Lipinski definition) is 8. The van der Waals surface area contributed by atoms with Gasteiger partial charge in [0.1, 0.15) is 23.6 Å². The minimum atomic E-state index is -1.98. The van der Waals surface area contributed by atoms with Crippen LogP contribution < -0.4 is 4.74 Å². The Bertz CT molecular complexity index is 811. The molecule has 1 aromatic carbocycles. The van der Waals surface area contributed by atoms with E-state index in [2.05, 4.69) is 6.58 Å². The number of aliphatic hydroxyl groups is 6. The van der Waals surface area contributed by atoms with Gasteiger partial charge in [-0.15, -0.1) is 6.58 Å². The SMILES string of the molecule is C=CCc1ccc(O[C@@H]2O[C@H]([C@@H](O)CCCO)[C@]3(O)C[C@@H]4CC[C@H](O)C[C@H]4[C@]2(O)[C@H]3O)cc1. The monoisotopic (exact) mass is 464 g/mol. The van der Waals surface area contributed by atoms with Gasteiger partial charge in [-0.3, -0.25) is 0 Å². The molecule has 6 N–H and O–H groups in total. The van der Waals surface area contributed by atoms with Crippen LogP contribution in [0.4, 0.5) is 0 Å². The minimum Gasteiger partial charge on any atom is -0.462 e. The highest BCUT2D eigenvalue weighted by Crippen LogP contribution is 2.56. The second-order valence-corrected chi connectivity index (χ2v) is 9.90. The zero-order chi connectivity index (χ0) is 23.8. The van der Waals surface area contributed by atoms with Gasteiger partial charge in [0.25, 0.3) is 0 Å². The molecule has 1 heterocycles. The lowest BCUT2D eigenvalue weighted by Crippen LogP contribution is -2.81. The average Bonchev–Trinajstić information content (AvgIpc) is 2.80. The first-order valence-corrected chi connectivity index (χ1v) is 11.9. The van der Waals surface area contributed by atoms with Crippen LogP contribution in [0.5, 0.6) is 5.75 Å². The van der Waals surface area contributed by atoms with E-state index in [0.29, 0.717) is 31.4 Å². The Morgan fingerprint density at radius 1 is 1.18 bits per heavy atom. The summed E-state index contributed by atoms with van der Waals surface area (Å²) in [7, 11) is 0. The van der Waals surface area contributed by atoms with Gasteiger partial charge >= 0.3 is 0 Å². The predicted molar refractivity (Wildman–Crippen MR) is 119 cm³/mol. The van der Waals surface area contributed by atoms with Gasteiger partial charge in [0.05, 0.1) is 12.2 Å². The summed E-state index contributed by atoms with van der Waals surface area (Å²) in [4.78, 5) is 0. The molecule has 0 aromatic heterocycles. The second-order valence-electron chi connectivity index (χ2n) is 9.90. The van der Waals surface area contributed by atoms with Crippen molar-refractivity contribution in [2.24, 2.45) is 11.8 Å². The zero-order valence-electron chi connectivity index (χ0n) is 18.8. The van der Waals surface area contributed by atoms with E-state index >= 15 is 0 Å². The first kappa shape index (κ1) is 24.6. The third-order valence-corrected chi connectivity index (χ3v) is 7.75. The van der Waals surface area contributed by atoms with Crippen LogP contribution in [-0.2, 0) is 11.2 Å². The fraction of sp³-hybridized carbons (Fsp3) is 0.680. The highest BCUT2D eigenvalue weighted by Gasteiger charge is 2.72. The topological polar surface area (TPSA) is 140 Å². The standard InChI is InChI=1S/C25H36O8/c1-2-4-15-6-10-18(11-7-15)32-23-25(31)19-13-17(27)9-8-16(19)14-24(30,22(25)29)21(33-23)20(28)5-3-12-26/h2,6-7,10-11,16-17,19-23,26-31H,1,3-5,8-9,12-14H2/t16-,17-,19+,20-,21+,22-,23+,24+,25-/m0/s1. The van der Waals surface area contributed by atoms with Crippen LogP contribution >= 0.6 is 0 Å². The minimum absolute atomic E-state index is 0.131. The molecule has 184 valence electrons. The van der Waals surface area contributed by atoms with E-state index in [0.717, 1.165) is 5.56 Å². The Labute approximate surface area is 194 Å². The fourth-order valence-electron chi connectivity index (χ4n) is 6.08. The third-order valence-electron chi connectivity index (χ3n) is 7.75. The molecule has 0 radical (unpaired) electrons. The van der Waals surface area contributed by atoms with Crippen molar-refractivity contribution in [2.75, 3.05) is 6.61 Å². The van der Waals surface area contributed by atoms with E-state index in [9.17, 15) is 30.6 Å². The fourth-order valence-corrected chi connectivity index (χ4v) is 6.08. The molecule has 2 saturated carbocycles. The molecule has 8 nitrogen and oxygen atoms in total. The number of hydrogen-bond donors (Lipinski definition) is 6. The summed E-state index contributed by atoms with van der Waals surface area (Å²) in [5.74, 6) is -0.317. The predicted octanol–water partition coefficient (Wildman–Crippen LogP) is 0.656. The Morgan fingerprint density at radius 3 is 2.58 bits per heavy atom. The van der Waals surface area contributed by atoms with Crippen molar-refractivity contribution in [3.05, 3.63) is 42.5 Å². The summed E-state index contributed by atoms with van der Waals surface area (Å²) in [5.41, 5.74) is -2.84. The van der Waals surface area contributed by atoms with Crippen molar-refractivity contribution >= 4 is 0 Å². The highest BCUT2D eigenvalue weighted by molar-refractivity contribution is 5.29. The van der Waals surface area contributed by atoms with Crippen molar-refractivity contribution in [3.8, 4) is 5.75 Å². The molecule has 0 unspecified atom stereocenters. The molecule has 1 aromatic rings. The van der Waals surface area contributed by atoms with Crippen molar-refractivity contribution in [1.82, 2.24) is 0 Å². The molecule has 3 fully saturated rings. The van der Waals surface area contributed by atoms with Crippen LogP contribution in [-0.4, -0.2) is 79.2 Å². The van der Waals surface area contributed by atoms with E-state index in [1.54, 1.807) is 18.2 Å². The third kappa shape index (κ3) is 4.34. The summed E-state index contributed by atoms with van der Waals surface area (Å²) in [6.45, 7) is 3.59. The number of benzene rings is 1. The molecule has 9 atom stereocenters. The molecule has 4 rings (SSSR count). The summed E-state index contributed by atoms with van der Waals surface area (Å²) in [6, 6.07) is 7.18. The Hall–Kier alpha value is -1.52. The molecule has 1 aliphatic heterocycles. The molecule has 33 heavy (non-hydrogen) atoms. The van der Waals surface area contributed by atoms with Crippen LogP contribution in [0.2, 0.25) is 0 Å². The molecule has 0 spiro atoms. The number of allylic oxidation sites excluding steroid dienone is 1. The molecule has 3 aliphatic rings. The van der Waals surface area contributed by atoms with Crippen LogP contribution in [0.1, 0.15) is 44.1 Å². The molecule has 0 amide bonds. The lowest BCUT2D eigenvalue weighted by atomic mass is 9.53. The molecular formula is C25H36O8. The zero-order valence-corrected chi connectivity index (χ0v) is 18.8. The van der Waals surface area contributed by atoms with Crippen molar-refractivity contribution in [1.29, 1.82) is 0 Å². The first-order valence-electron chi connectivity index (χ1n) is 11.9. The molecule has 8 heteroatoms. The quantitative estimate of drug-likeness (QED) is 0.308. The van der Waals surface area contributed by atoms with Gasteiger partial charge in [-0.05, 0) is 68.6 Å². The van der Waals surface area contributed by atoms with Gasteiger partial charge in [-0.25, -0.2) is 0 Å². The van der Waals surface area contributed by atoms with Crippen molar-refractivity contribution < 1.29 is 40.1 Å². The average molecular weight is 465 g/mol. The van der Waals surface area contributed by atoms with Gasteiger partial charge in [0.2, 0.25) is 6.29 Å². The number of rotatable bonds is 8. The number of ether oxygens (including phenoxy) is 2. The van der Waals surface area contributed by atoms with E-state index in [4.69, 9.17) is 9.47 Å². The number of aliphatic hydroxyl groups excluding tert-OH is 4. The Kier molecular flexibility index (Phi) is 7.17. The molecular weight excluding hydrogens is 428 g/mol. The number of fused-ring (bicyclic) bond motifs is 4. The molecule has 2 aliphatic carbocycles. The lowest BCUT2D eigenvalue weighted by molar-refractivity contribution is -0.397. The normalized spacial score (nSPS) is 41.2. The van der Waals surface area contributed by atoms with Gasteiger partial charge in [-0.2, -0.15) is 0 Å². The maximum absolute atomic E-state index is 11.9. The van der Waals surface area contributed by atoms with Crippen LogP contribution in [0.15, 0.2) is 36.9 Å². The first-order chi connectivity index (χ1) is 15.7. The van der Waals surface area contributed by atoms with Crippen LogP contribution in [0.25, 0.3) is 0 Å². The summed E-state index contributed by atoms with van der Waals surface area (Å²) in [5, 5.41) is 65.0. The van der Waals surface area contributed by atoms with Crippen LogP contribution in [0, 0.1) is 11.8 Å². The maximum atomic E-state index is 11.9. The highest BCUT2D eigenvalue weighted by atomic mass is 16.7. The summed E-state index contributed by atoms with van der Waals surface area (Å²) < 4.78 is 12.1. The maximum Gasteiger partial charge on any atom is 0.232 e. The van der Waals surface area contributed by atoms with Gasteiger partial charge in [0, 0.05) is 12.5 Å². The lowest BCUT2D eigenvalue weighted by Gasteiger charge is -2.63. The summed E-state index contributed by atoms with van der Waals surface area (Å²) in [6.07, 6.45) is -1.59.